The summed E-state index contributed by atoms with van der Waals surface area (Å²) in [5.41, 5.74) is 0. The van der Waals surface area contributed by atoms with Gasteiger partial charge < -0.3 is 9.88 Å². The maximum atomic E-state index is 4.05. The number of aryl methyl sites for hydroxylation is 1. The molecule has 0 fully saturated rings. The van der Waals surface area contributed by atoms with Gasteiger partial charge in [0.1, 0.15) is 0 Å². The van der Waals surface area contributed by atoms with Gasteiger partial charge in [0, 0.05) is 25.0 Å². The largest absolute Gasteiger partial charge is 0.337 e. The Labute approximate surface area is 112 Å². The van der Waals surface area contributed by atoms with Crippen LogP contribution in [-0.2, 0) is 6.54 Å². The van der Waals surface area contributed by atoms with Gasteiger partial charge in [-0.25, -0.2) is 4.98 Å². The molecule has 0 radical (unpaired) electrons. The van der Waals surface area contributed by atoms with Crippen LogP contribution in [0.3, 0.4) is 0 Å². The van der Waals surface area contributed by atoms with Gasteiger partial charge in [0.15, 0.2) is 0 Å². The number of unbranched alkanes of at least 4 members (excludes halogenated alkanes) is 4. The van der Waals surface area contributed by atoms with Crippen molar-refractivity contribution in [2.75, 3.05) is 6.54 Å². The van der Waals surface area contributed by atoms with E-state index in [4.69, 9.17) is 0 Å². The molecule has 0 aromatic carbocycles. The van der Waals surface area contributed by atoms with Gasteiger partial charge in [0.25, 0.3) is 0 Å². The van der Waals surface area contributed by atoms with E-state index in [0.717, 1.165) is 13.1 Å². The Morgan fingerprint density at radius 3 is 2.78 bits per heavy atom. The van der Waals surface area contributed by atoms with Gasteiger partial charge in [-0.3, -0.25) is 0 Å². The van der Waals surface area contributed by atoms with E-state index in [1.807, 2.05) is 18.7 Å². The topological polar surface area (TPSA) is 29.9 Å². The SMILES string of the molecule is CCCCCCC(C)NCCCCn1ccnc1. The van der Waals surface area contributed by atoms with Crippen molar-refractivity contribution in [3.05, 3.63) is 18.7 Å². The lowest BCUT2D eigenvalue weighted by atomic mass is 10.1. The Morgan fingerprint density at radius 2 is 2.06 bits per heavy atom. The zero-order chi connectivity index (χ0) is 13.1. The van der Waals surface area contributed by atoms with Crippen LogP contribution in [-0.4, -0.2) is 22.1 Å². The molecular formula is C15H29N3. The highest BCUT2D eigenvalue weighted by Crippen LogP contribution is 2.05. The van der Waals surface area contributed by atoms with Gasteiger partial charge >= 0.3 is 0 Å². The average Bonchev–Trinajstić information content (AvgIpc) is 2.87. The number of nitrogens with zero attached hydrogens (tertiary/aromatic N) is 2. The van der Waals surface area contributed by atoms with Crippen molar-refractivity contribution in [3.8, 4) is 0 Å². The van der Waals surface area contributed by atoms with Gasteiger partial charge in [-0.15, -0.1) is 0 Å². The predicted octanol–water partition coefficient (Wildman–Crippen LogP) is 3.61. The van der Waals surface area contributed by atoms with Crippen LogP contribution in [0.15, 0.2) is 18.7 Å². The van der Waals surface area contributed by atoms with Crippen LogP contribution < -0.4 is 5.32 Å². The molecule has 104 valence electrons. The van der Waals surface area contributed by atoms with E-state index in [9.17, 15) is 0 Å². The van der Waals surface area contributed by atoms with Crippen molar-refractivity contribution in [2.24, 2.45) is 0 Å². The Morgan fingerprint density at radius 1 is 1.17 bits per heavy atom. The van der Waals surface area contributed by atoms with Crippen molar-refractivity contribution < 1.29 is 0 Å². The maximum Gasteiger partial charge on any atom is 0.0945 e. The van der Waals surface area contributed by atoms with Gasteiger partial charge in [0.2, 0.25) is 0 Å². The van der Waals surface area contributed by atoms with Crippen molar-refractivity contribution in [1.82, 2.24) is 14.9 Å². The minimum absolute atomic E-state index is 0.676. The summed E-state index contributed by atoms with van der Waals surface area (Å²) in [6.45, 7) is 6.81. The zero-order valence-corrected chi connectivity index (χ0v) is 12.1. The zero-order valence-electron chi connectivity index (χ0n) is 12.1. The van der Waals surface area contributed by atoms with Crippen LogP contribution in [0.1, 0.15) is 58.8 Å². The molecule has 1 aromatic rings. The summed E-state index contributed by atoms with van der Waals surface area (Å²) >= 11 is 0. The molecule has 18 heavy (non-hydrogen) atoms. The van der Waals surface area contributed by atoms with Crippen molar-refractivity contribution in [3.63, 3.8) is 0 Å². The fourth-order valence-corrected chi connectivity index (χ4v) is 2.17. The molecule has 0 aliphatic carbocycles. The minimum atomic E-state index is 0.676. The fraction of sp³-hybridized carbons (Fsp3) is 0.800. The van der Waals surface area contributed by atoms with E-state index < -0.39 is 0 Å². The Balaban J connectivity index is 1.87. The first kappa shape index (κ1) is 15.2. The third-order valence-electron chi connectivity index (χ3n) is 3.39. The Hall–Kier alpha value is -0.830. The van der Waals surface area contributed by atoms with E-state index in [0.29, 0.717) is 6.04 Å². The molecule has 1 atom stereocenters. The molecular weight excluding hydrogens is 222 g/mol. The summed E-state index contributed by atoms with van der Waals surface area (Å²) in [4.78, 5) is 4.05. The van der Waals surface area contributed by atoms with Crippen LogP contribution in [0.4, 0.5) is 0 Å². The molecule has 0 amide bonds. The monoisotopic (exact) mass is 251 g/mol. The molecule has 1 aromatic heterocycles. The number of rotatable bonds is 11. The molecule has 3 nitrogen and oxygen atoms in total. The normalized spacial score (nSPS) is 12.8. The minimum Gasteiger partial charge on any atom is -0.337 e. The molecule has 1 heterocycles. The van der Waals surface area contributed by atoms with Crippen molar-refractivity contribution in [1.29, 1.82) is 0 Å². The second-order valence-electron chi connectivity index (χ2n) is 5.21. The number of imidazole rings is 1. The molecule has 0 bridgehead atoms. The first-order chi connectivity index (χ1) is 8.83. The lowest BCUT2D eigenvalue weighted by molar-refractivity contribution is 0.467. The summed E-state index contributed by atoms with van der Waals surface area (Å²) < 4.78 is 2.15. The fourth-order valence-electron chi connectivity index (χ4n) is 2.17. The number of hydrogen-bond acceptors (Lipinski definition) is 2. The van der Waals surface area contributed by atoms with E-state index in [1.165, 1.54) is 44.9 Å². The van der Waals surface area contributed by atoms with Crippen LogP contribution >= 0.6 is 0 Å². The molecule has 1 rings (SSSR count). The predicted molar refractivity (Wildman–Crippen MR) is 77.7 cm³/mol. The Kier molecular flexibility index (Phi) is 8.57. The molecule has 0 spiro atoms. The van der Waals surface area contributed by atoms with Crippen LogP contribution in [0, 0.1) is 0 Å². The number of hydrogen-bond donors (Lipinski definition) is 1. The van der Waals surface area contributed by atoms with E-state index in [2.05, 4.69) is 28.7 Å². The van der Waals surface area contributed by atoms with E-state index >= 15 is 0 Å². The smallest absolute Gasteiger partial charge is 0.0945 e. The van der Waals surface area contributed by atoms with Crippen LogP contribution in [0.25, 0.3) is 0 Å². The quantitative estimate of drug-likeness (QED) is 0.609. The van der Waals surface area contributed by atoms with E-state index in [-0.39, 0.29) is 0 Å². The molecule has 0 saturated carbocycles. The second-order valence-corrected chi connectivity index (χ2v) is 5.21. The number of nitrogens with one attached hydrogen (secondary N) is 1. The molecule has 0 saturated heterocycles. The first-order valence-electron chi connectivity index (χ1n) is 7.52. The van der Waals surface area contributed by atoms with Gasteiger partial charge in [0.05, 0.1) is 6.33 Å². The highest BCUT2D eigenvalue weighted by molar-refractivity contribution is 4.73. The summed E-state index contributed by atoms with van der Waals surface area (Å²) in [5, 5.41) is 3.61. The van der Waals surface area contributed by atoms with Crippen LogP contribution in [0.2, 0.25) is 0 Å². The maximum absolute atomic E-state index is 4.05. The second kappa shape index (κ2) is 10.1. The standard InChI is InChI=1S/C15H29N3/c1-3-4-5-6-9-15(2)17-10-7-8-12-18-13-11-16-14-18/h11,13-15,17H,3-10,12H2,1-2H3. The highest BCUT2D eigenvalue weighted by Gasteiger charge is 2.00. The van der Waals surface area contributed by atoms with Crippen molar-refractivity contribution >= 4 is 0 Å². The highest BCUT2D eigenvalue weighted by atomic mass is 15.0. The Bertz CT molecular complexity index is 269. The summed E-state index contributed by atoms with van der Waals surface area (Å²) in [7, 11) is 0. The molecule has 0 aliphatic heterocycles. The van der Waals surface area contributed by atoms with Crippen LogP contribution in [0.5, 0.6) is 0 Å². The molecule has 1 unspecified atom stereocenters. The van der Waals surface area contributed by atoms with Gasteiger partial charge in [-0.2, -0.15) is 0 Å². The van der Waals surface area contributed by atoms with Crippen molar-refractivity contribution in [2.45, 2.75) is 71.4 Å². The molecule has 0 aliphatic rings. The summed E-state index contributed by atoms with van der Waals surface area (Å²) in [6, 6.07) is 0.676. The summed E-state index contributed by atoms with van der Waals surface area (Å²) in [5.74, 6) is 0. The summed E-state index contributed by atoms with van der Waals surface area (Å²) in [6.07, 6.45) is 15.0. The third-order valence-corrected chi connectivity index (χ3v) is 3.39. The van der Waals surface area contributed by atoms with Gasteiger partial charge in [-0.1, -0.05) is 32.6 Å². The molecule has 1 N–H and O–H groups in total. The number of aromatic nitrogens is 2. The lowest BCUT2D eigenvalue weighted by Gasteiger charge is -2.13. The molecule has 3 heteroatoms. The van der Waals surface area contributed by atoms with Gasteiger partial charge in [-0.05, 0) is 32.7 Å². The average molecular weight is 251 g/mol. The van der Waals surface area contributed by atoms with E-state index in [1.54, 1.807) is 0 Å². The third kappa shape index (κ3) is 7.49. The lowest BCUT2D eigenvalue weighted by Crippen LogP contribution is -2.27. The first-order valence-corrected chi connectivity index (χ1v) is 7.52.